The molecule has 1 amide bonds. The number of thiophene rings is 1. The number of nitrogens with one attached hydrogen (secondary N) is 2. The Balaban J connectivity index is 1.50. The Hall–Kier alpha value is -2.22. The molecule has 8 heteroatoms. The third-order valence-corrected chi connectivity index (χ3v) is 6.05. The summed E-state index contributed by atoms with van der Waals surface area (Å²) in [7, 11) is 0. The average Bonchev–Trinajstić information content (AvgIpc) is 3.29. The maximum absolute atomic E-state index is 12.7. The van der Waals surface area contributed by atoms with E-state index in [-0.39, 0.29) is 5.91 Å². The van der Waals surface area contributed by atoms with Crippen LogP contribution >= 0.6 is 22.9 Å². The minimum Gasteiger partial charge on any atom is -0.321 e. The van der Waals surface area contributed by atoms with Crippen molar-refractivity contribution in [1.82, 2.24) is 14.8 Å². The molecule has 0 spiro atoms. The van der Waals surface area contributed by atoms with Gasteiger partial charge in [-0.15, -0.1) is 11.3 Å². The number of benzene rings is 1. The van der Waals surface area contributed by atoms with Crippen LogP contribution in [0.1, 0.15) is 23.4 Å². The first-order valence-corrected chi connectivity index (χ1v) is 9.73. The molecule has 6 nitrogen and oxygen atoms in total. The zero-order chi connectivity index (χ0) is 18.1. The molecule has 0 fully saturated rings. The Labute approximate surface area is 160 Å². The van der Waals surface area contributed by atoms with Crippen molar-refractivity contribution >= 4 is 34.5 Å². The number of hydrogen-bond donors (Lipinski definition) is 2. The molecule has 0 bridgehead atoms. The number of rotatable bonds is 4. The van der Waals surface area contributed by atoms with E-state index >= 15 is 0 Å². The van der Waals surface area contributed by atoms with Crippen LogP contribution in [0.3, 0.4) is 0 Å². The molecule has 1 aromatic carbocycles. The van der Waals surface area contributed by atoms with Crippen molar-refractivity contribution in [2.45, 2.75) is 19.4 Å². The number of aromatic nitrogens is 3. The van der Waals surface area contributed by atoms with Crippen LogP contribution in [0.4, 0.5) is 5.69 Å². The van der Waals surface area contributed by atoms with Gasteiger partial charge in [-0.05, 0) is 36.6 Å². The molecule has 1 unspecified atom stereocenters. The van der Waals surface area contributed by atoms with Crippen molar-refractivity contribution in [3.63, 3.8) is 0 Å². The van der Waals surface area contributed by atoms with E-state index in [1.807, 2.05) is 17.4 Å². The molecule has 0 saturated carbocycles. The smallest absolute Gasteiger partial charge is 0.279 e. The Morgan fingerprint density at radius 1 is 1.46 bits per heavy atom. The molecule has 2 aromatic heterocycles. The Kier molecular flexibility index (Phi) is 4.76. The molecule has 2 atom stereocenters. The van der Waals surface area contributed by atoms with Gasteiger partial charge in [0.05, 0.1) is 17.9 Å². The lowest BCUT2D eigenvalue weighted by atomic mass is 10.0. The van der Waals surface area contributed by atoms with Crippen LogP contribution in [0.15, 0.2) is 42.3 Å². The molecule has 2 N–H and O–H groups in total. The molecule has 4 rings (SSSR count). The number of halogens is 1. The van der Waals surface area contributed by atoms with Crippen molar-refractivity contribution in [2.75, 3.05) is 18.4 Å². The van der Waals surface area contributed by atoms with Crippen molar-refractivity contribution < 1.29 is 9.69 Å². The van der Waals surface area contributed by atoms with Crippen LogP contribution < -0.4 is 10.2 Å². The summed E-state index contributed by atoms with van der Waals surface area (Å²) in [5, 5.41) is 9.83. The van der Waals surface area contributed by atoms with Crippen LogP contribution in [0.25, 0.3) is 5.69 Å². The number of carbonyl (C=O) groups excluding carboxylic acids is 1. The predicted octanol–water partition coefficient (Wildman–Crippen LogP) is 2.12. The van der Waals surface area contributed by atoms with Gasteiger partial charge in [0.2, 0.25) is 0 Å². The summed E-state index contributed by atoms with van der Waals surface area (Å²) in [5.74, 6) is -0.0332. The highest BCUT2D eigenvalue weighted by atomic mass is 35.5. The van der Waals surface area contributed by atoms with E-state index in [9.17, 15) is 4.79 Å². The molecule has 1 aliphatic heterocycles. The van der Waals surface area contributed by atoms with Gasteiger partial charge in [0, 0.05) is 21.9 Å². The second-order valence-electron chi connectivity index (χ2n) is 6.41. The van der Waals surface area contributed by atoms with Gasteiger partial charge in [0.25, 0.3) is 5.91 Å². The number of anilines is 1. The van der Waals surface area contributed by atoms with Gasteiger partial charge in [0.1, 0.15) is 18.7 Å². The first-order chi connectivity index (χ1) is 12.6. The van der Waals surface area contributed by atoms with Gasteiger partial charge in [0.15, 0.2) is 6.54 Å². The SMILES string of the molecule is C[C@@H]1c2ccsc2CC[NH+]1CC(=O)Nc1cc(Cl)ccc1-n1cncn1. The molecule has 1 aliphatic rings. The lowest BCUT2D eigenvalue weighted by Crippen LogP contribution is -3.14. The standard InChI is InChI=1S/C18H18ClN5OS/c1-12-14-5-7-26-17(14)4-6-23(12)9-18(25)22-15-8-13(19)2-3-16(15)24-11-20-10-21-24/h2-3,5,7-8,10-12H,4,6,9H2,1H3,(H,22,25)/p+1/t12-/m1/s1. The van der Waals surface area contributed by atoms with E-state index < -0.39 is 0 Å². The number of carbonyl (C=O) groups is 1. The van der Waals surface area contributed by atoms with Crippen LogP contribution in [0, 0.1) is 0 Å². The summed E-state index contributed by atoms with van der Waals surface area (Å²) in [6.45, 7) is 3.57. The molecular formula is C18H19ClN5OS+. The molecular weight excluding hydrogens is 370 g/mol. The lowest BCUT2D eigenvalue weighted by molar-refractivity contribution is -0.923. The number of amides is 1. The molecule has 0 radical (unpaired) electrons. The van der Waals surface area contributed by atoms with E-state index in [4.69, 9.17) is 11.6 Å². The summed E-state index contributed by atoms with van der Waals surface area (Å²) in [5.41, 5.74) is 2.74. The van der Waals surface area contributed by atoms with Crippen LogP contribution in [-0.4, -0.2) is 33.8 Å². The highest BCUT2D eigenvalue weighted by Crippen LogP contribution is 2.25. The Bertz CT molecular complexity index is 924. The second kappa shape index (κ2) is 7.19. The average molecular weight is 389 g/mol. The summed E-state index contributed by atoms with van der Waals surface area (Å²) in [6.07, 6.45) is 4.08. The van der Waals surface area contributed by atoms with Crippen molar-refractivity contribution in [2.24, 2.45) is 0 Å². The van der Waals surface area contributed by atoms with E-state index in [0.29, 0.717) is 23.3 Å². The predicted molar refractivity (Wildman–Crippen MR) is 102 cm³/mol. The van der Waals surface area contributed by atoms with Crippen LogP contribution in [-0.2, 0) is 11.2 Å². The first-order valence-electron chi connectivity index (χ1n) is 8.47. The number of fused-ring (bicyclic) bond motifs is 1. The van der Waals surface area contributed by atoms with E-state index in [0.717, 1.165) is 18.7 Å². The van der Waals surface area contributed by atoms with E-state index in [2.05, 4.69) is 33.8 Å². The third kappa shape index (κ3) is 3.38. The Morgan fingerprint density at radius 2 is 2.35 bits per heavy atom. The van der Waals surface area contributed by atoms with E-state index in [1.54, 1.807) is 23.1 Å². The number of hydrogen-bond acceptors (Lipinski definition) is 4. The van der Waals surface area contributed by atoms with E-state index in [1.165, 1.54) is 21.7 Å². The molecule has 134 valence electrons. The minimum absolute atomic E-state index is 0.0332. The van der Waals surface area contributed by atoms with Gasteiger partial charge in [-0.25, -0.2) is 9.67 Å². The summed E-state index contributed by atoms with van der Waals surface area (Å²) in [4.78, 5) is 19.4. The fourth-order valence-corrected chi connectivity index (χ4v) is 4.58. The number of quaternary nitrogens is 1. The first kappa shape index (κ1) is 17.2. The van der Waals surface area contributed by atoms with Gasteiger partial charge in [-0.1, -0.05) is 11.6 Å². The molecule has 3 heterocycles. The minimum atomic E-state index is -0.0332. The second-order valence-corrected chi connectivity index (χ2v) is 7.84. The van der Waals surface area contributed by atoms with Crippen molar-refractivity contribution in [3.05, 3.63) is 57.8 Å². The van der Waals surface area contributed by atoms with Crippen molar-refractivity contribution in [3.8, 4) is 5.69 Å². The fraction of sp³-hybridized carbons (Fsp3) is 0.278. The lowest BCUT2D eigenvalue weighted by Gasteiger charge is -2.30. The summed E-state index contributed by atoms with van der Waals surface area (Å²) >= 11 is 7.93. The highest BCUT2D eigenvalue weighted by molar-refractivity contribution is 7.10. The topological polar surface area (TPSA) is 64.2 Å². The maximum atomic E-state index is 12.7. The highest BCUT2D eigenvalue weighted by Gasteiger charge is 2.29. The fourth-order valence-electron chi connectivity index (χ4n) is 3.43. The normalized spacial score (nSPS) is 19.2. The zero-order valence-electron chi connectivity index (χ0n) is 14.3. The van der Waals surface area contributed by atoms with Gasteiger partial charge >= 0.3 is 0 Å². The molecule has 3 aromatic rings. The summed E-state index contributed by atoms with van der Waals surface area (Å²) in [6, 6.07) is 7.83. The van der Waals surface area contributed by atoms with Gasteiger partial charge in [-0.2, -0.15) is 5.10 Å². The maximum Gasteiger partial charge on any atom is 0.279 e. The summed E-state index contributed by atoms with van der Waals surface area (Å²) < 4.78 is 1.61. The molecule has 0 saturated heterocycles. The quantitative estimate of drug-likeness (QED) is 0.719. The molecule has 0 aliphatic carbocycles. The molecule has 26 heavy (non-hydrogen) atoms. The van der Waals surface area contributed by atoms with Gasteiger partial charge in [-0.3, -0.25) is 4.79 Å². The third-order valence-electron chi connectivity index (χ3n) is 4.82. The van der Waals surface area contributed by atoms with Crippen LogP contribution in [0.2, 0.25) is 5.02 Å². The largest absolute Gasteiger partial charge is 0.321 e. The van der Waals surface area contributed by atoms with Crippen LogP contribution in [0.5, 0.6) is 0 Å². The zero-order valence-corrected chi connectivity index (χ0v) is 15.8. The number of nitrogens with zero attached hydrogens (tertiary/aromatic N) is 3. The Morgan fingerprint density at radius 3 is 3.15 bits per heavy atom. The monoisotopic (exact) mass is 388 g/mol. The van der Waals surface area contributed by atoms with Crippen molar-refractivity contribution in [1.29, 1.82) is 0 Å². The van der Waals surface area contributed by atoms with Gasteiger partial charge < -0.3 is 10.2 Å².